The number of hydrogen-bond acceptors (Lipinski definition) is 2. The van der Waals surface area contributed by atoms with Crippen LogP contribution in [-0.2, 0) is 6.54 Å². The van der Waals surface area contributed by atoms with Gasteiger partial charge < -0.3 is 0 Å². The van der Waals surface area contributed by atoms with Crippen molar-refractivity contribution in [1.82, 2.24) is 10.4 Å². The number of hydrazine groups is 1. The predicted molar refractivity (Wildman–Crippen MR) is 79.2 cm³/mol. The van der Waals surface area contributed by atoms with E-state index in [1.807, 2.05) is 6.92 Å². The minimum atomic E-state index is 0.144. The van der Waals surface area contributed by atoms with Crippen LogP contribution < -0.4 is 10.9 Å². The van der Waals surface area contributed by atoms with Crippen molar-refractivity contribution in [2.24, 2.45) is 5.92 Å². The highest BCUT2D eigenvalue weighted by Gasteiger charge is 2.29. The van der Waals surface area contributed by atoms with E-state index in [2.05, 4.69) is 25.4 Å². The molecule has 1 saturated carbocycles. The molecule has 0 saturated heterocycles. The van der Waals surface area contributed by atoms with Gasteiger partial charge in [0.2, 0.25) is 0 Å². The Morgan fingerprint density at radius 3 is 2.84 bits per heavy atom. The van der Waals surface area contributed by atoms with Crippen molar-refractivity contribution in [3.8, 4) is 0 Å². The molecule has 0 unspecified atom stereocenters. The molecule has 0 spiro atoms. The van der Waals surface area contributed by atoms with Crippen LogP contribution in [0.15, 0.2) is 12.1 Å². The van der Waals surface area contributed by atoms with Crippen LogP contribution in [0.1, 0.15) is 47.2 Å². The number of amides is 1. The van der Waals surface area contributed by atoms with E-state index in [0.717, 1.165) is 23.6 Å². The maximum absolute atomic E-state index is 12.4. The van der Waals surface area contributed by atoms with Gasteiger partial charge in [-0.1, -0.05) is 30.4 Å². The first kappa shape index (κ1) is 12.7. The molecule has 100 valence electrons. The number of benzene rings is 1. The van der Waals surface area contributed by atoms with Crippen molar-refractivity contribution in [2.45, 2.75) is 39.2 Å². The number of carbonyl (C=O) groups is 1. The van der Waals surface area contributed by atoms with Gasteiger partial charge in [-0.05, 0) is 36.8 Å². The summed E-state index contributed by atoms with van der Waals surface area (Å²) in [7, 11) is 2.09. The highest BCUT2D eigenvalue weighted by atomic mass is 16.2. The first-order valence-corrected chi connectivity index (χ1v) is 7.30. The maximum atomic E-state index is 12.4. The summed E-state index contributed by atoms with van der Waals surface area (Å²) < 4.78 is 0. The molecule has 1 aliphatic heterocycles. The zero-order valence-corrected chi connectivity index (χ0v) is 11.8. The van der Waals surface area contributed by atoms with Gasteiger partial charge in [-0.3, -0.25) is 9.80 Å². The molecule has 1 aliphatic carbocycles. The summed E-state index contributed by atoms with van der Waals surface area (Å²) in [5, 5.41) is 1.80. The number of fused-ring (bicyclic) bond motifs is 1. The zero-order valence-electron chi connectivity index (χ0n) is 11.8. The fraction of sp³-hybridized carbons (Fsp3) is 0.533. The smallest absolute Gasteiger partial charge is 0.268 e. The van der Waals surface area contributed by atoms with Gasteiger partial charge in [0.1, 0.15) is 7.85 Å². The van der Waals surface area contributed by atoms with Crippen LogP contribution in [0, 0.1) is 12.8 Å². The van der Waals surface area contributed by atoms with Gasteiger partial charge in [-0.15, -0.1) is 0 Å². The average molecular weight is 256 g/mol. The maximum Gasteiger partial charge on any atom is 0.268 e. The number of hydrogen-bond donors (Lipinski definition) is 1. The standard InChI is InChI=1S/C15H21BN2O/c1-10-6-13(16)7-12-9-18(15(19)14(10)12)17-8-11-4-2-3-5-11/h6-7,11,17H,2-5,8-9,16H2,1H3. The topological polar surface area (TPSA) is 32.3 Å². The summed E-state index contributed by atoms with van der Waals surface area (Å²) in [6.45, 7) is 3.69. The lowest BCUT2D eigenvalue weighted by Crippen LogP contribution is -2.40. The minimum absolute atomic E-state index is 0.144. The lowest BCUT2D eigenvalue weighted by molar-refractivity contribution is 0.0671. The molecule has 3 rings (SSSR count). The van der Waals surface area contributed by atoms with Crippen molar-refractivity contribution in [3.63, 3.8) is 0 Å². The Bertz CT molecular complexity index is 509. The van der Waals surface area contributed by atoms with Crippen molar-refractivity contribution in [3.05, 3.63) is 28.8 Å². The van der Waals surface area contributed by atoms with E-state index in [4.69, 9.17) is 0 Å². The van der Waals surface area contributed by atoms with Crippen LogP contribution in [0.2, 0.25) is 0 Å². The van der Waals surface area contributed by atoms with Gasteiger partial charge in [0.15, 0.2) is 0 Å². The summed E-state index contributed by atoms with van der Waals surface area (Å²) in [4.78, 5) is 12.4. The third-order valence-electron chi connectivity index (χ3n) is 4.39. The lowest BCUT2D eigenvalue weighted by Gasteiger charge is -2.19. The molecule has 1 heterocycles. The van der Waals surface area contributed by atoms with Gasteiger partial charge in [-0.2, -0.15) is 0 Å². The van der Waals surface area contributed by atoms with Gasteiger partial charge >= 0.3 is 0 Å². The van der Waals surface area contributed by atoms with Crippen LogP contribution in [0.4, 0.5) is 0 Å². The van der Waals surface area contributed by atoms with Crippen LogP contribution in [0.5, 0.6) is 0 Å². The summed E-state index contributed by atoms with van der Waals surface area (Å²) in [6, 6.07) is 4.23. The summed E-state index contributed by atoms with van der Waals surface area (Å²) in [5.74, 6) is 0.893. The summed E-state index contributed by atoms with van der Waals surface area (Å²) in [6.07, 6.45) is 5.30. The first-order chi connectivity index (χ1) is 9.15. The van der Waals surface area contributed by atoms with E-state index in [1.165, 1.54) is 36.7 Å². The predicted octanol–water partition coefficient (Wildman–Crippen LogP) is 0.904. The molecule has 0 radical (unpaired) electrons. The third kappa shape index (κ3) is 2.41. The van der Waals surface area contributed by atoms with Gasteiger partial charge in [0.25, 0.3) is 5.91 Å². The quantitative estimate of drug-likeness (QED) is 0.815. The Morgan fingerprint density at radius 1 is 1.37 bits per heavy atom. The minimum Gasteiger partial charge on any atom is -0.269 e. The van der Waals surface area contributed by atoms with Crippen molar-refractivity contribution < 1.29 is 4.79 Å². The van der Waals surface area contributed by atoms with Crippen molar-refractivity contribution in [1.29, 1.82) is 0 Å². The normalized spacial score (nSPS) is 19.2. The molecule has 1 aromatic rings. The van der Waals surface area contributed by atoms with E-state index < -0.39 is 0 Å². The Hall–Kier alpha value is -1.29. The number of aryl methyl sites for hydroxylation is 1. The molecule has 1 fully saturated rings. The molecule has 2 aliphatic rings. The third-order valence-corrected chi connectivity index (χ3v) is 4.39. The summed E-state index contributed by atoms with van der Waals surface area (Å²) >= 11 is 0. The Morgan fingerprint density at radius 2 is 2.11 bits per heavy atom. The second-order valence-electron chi connectivity index (χ2n) is 6.02. The lowest BCUT2D eigenvalue weighted by atomic mass is 9.90. The van der Waals surface area contributed by atoms with Crippen LogP contribution in [0.25, 0.3) is 0 Å². The Kier molecular flexibility index (Phi) is 3.36. The molecule has 0 atom stereocenters. The molecule has 19 heavy (non-hydrogen) atoms. The molecule has 0 aromatic heterocycles. The monoisotopic (exact) mass is 256 g/mol. The van der Waals surface area contributed by atoms with Crippen molar-refractivity contribution in [2.75, 3.05) is 6.54 Å². The molecule has 0 bridgehead atoms. The average Bonchev–Trinajstić information content (AvgIpc) is 2.95. The van der Waals surface area contributed by atoms with Crippen molar-refractivity contribution >= 4 is 19.2 Å². The number of nitrogens with zero attached hydrogens (tertiary/aromatic N) is 1. The molecule has 1 aromatic carbocycles. The van der Waals surface area contributed by atoms with Gasteiger partial charge in [0, 0.05) is 12.1 Å². The highest BCUT2D eigenvalue weighted by molar-refractivity contribution is 6.32. The van der Waals surface area contributed by atoms with E-state index in [-0.39, 0.29) is 5.91 Å². The molecular formula is C15H21BN2O. The van der Waals surface area contributed by atoms with E-state index in [0.29, 0.717) is 6.54 Å². The molecule has 1 amide bonds. The van der Waals surface area contributed by atoms with E-state index >= 15 is 0 Å². The first-order valence-electron chi connectivity index (χ1n) is 7.30. The SMILES string of the molecule is Bc1cc(C)c2c(c1)CN(NCC1CCCC1)C2=O. The zero-order chi connectivity index (χ0) is 13.4. The summed E-state index contributed by atoms with van der Waals surface area (Å²) in [5.41, 5.74) is 7.77. The second kappa shape index (κ2) is 5.01. The molecule has 4 heteroatoms. The Balaban J connectivity index is 1.70. The molecule has 1 N–H and O–H groups in total. The molecular weight excluding hydrogens is 235 g/mol. The van der Waals surface area contributed by atoms with E-state index in [1.54, 1.807) is 5.01 Å². The van der Waals surface area contributed by atoms with Gasteiger partial charge in [0.05, 0.1) is 6.54 Å². The molecule has 3 nitrogen and oxygen atoms in total. The van der Waals surface area contributed by atoms with E-state index in [9.17, 15) is 4.79 Å². The fourth-order valence-corrected chi connectivity index (χ4v) is 3.44. The van der Waals surface area contributed by atoms with Gasteiger partial charge in [-0.25, -0.2) is 5.43 Å². The number of rotatable bonds is 3. The van der Waals surface area contributed by atoms with Crippen LogP contribution in [0.3, 0.4) is 0 Å². The second-order valence-corrected chi connectivity index (χ2v) is 6.02. The number of carbonyl (C=O) groups excluding carboxylic acids is 1. The fourth-order valence-electron chi connectivity index (χ4n) is 3.44. The van der Waals surface area contributed by atoms with Crippen LogP contribution >= 0.6 is 0 Å². The van der Waals surface area contributed by atoms with Crippen LogP contribution in [-0.4, -0.2) is 25.3 Å². The number of nitrogens with one attached hydrogen (secondary N) is 1. The highest BCUT2D eigenvalue weighted by Crippen LogP contribution is 2.26. The Labute approximate surface area is 115 Å². The largest absolute Gasteiger partial charge is 0.269 e.